The summed E-state index contributed by atoms with van der Waals surface area (Å²) in [5, 5.41) is 25.0. The molecule has 2 fully saturated rings. The number of carbonyl (C=O) groups is 4. The summed E-state index contributed by atoms with van der Waals surface area (Å²) in [6.45, 7) is 1.40. The van der Waals surface area contributed by atoms with Crippen molar-refractivity contribution in [3.63, 3.8) is 0 Å². The number of rotatable bonds is 8. The van der Waals surface area contributed by atoms with E-state index in [1.807, 2.05) is 0 Å². The van der Waals surface area contributed by atoms with Gasteiger partial charge in [0.2, 0.25) is 11.8 Å². The molecule has 0 aromatic heterocycles. The molecule has 3 aromatic carbocycles. The topological polar surface area (TPSA) is 156 Å². The third-order valence-corrected chi connectivity index (χ3v) is 8.22. The van der Waals surface area contributed by atoms with Crippen LogP contribution in [0.2, 0.25) is 0 Å². The molecular formula is C29H24BrN3O8. The number of nitrogens with one attached hydrogen (secondary N) is 1. The number of hydrogen-bond donors (Lipinski definition) is 2. The number of Topliss-reactive ketones (excluding diaryl/α,β-unsaturated/α-hetero) is 1. The number of ether oxygens (including phenoxy) is 1. The number of imide groups is 1. The SMILES string of the molecule is COc1ccc(Br)cc1C1NC(Cc2ccc([N+](=O)[O-])cc2)(C(=O)O)C2C(=O)N(c3ccc(C(C)=O)cc3)C(=O)C12. The highest BCUT2D eigenvalue weighted by Crippen LogP contribution is 2.52. The second-order valence-electron chi connectivity index (χ2n) is 10.0. The highest BCUT2D eigenvalue weighted by Gasteiger charge is 2.69. The van der Waals surface area contributed by atoms with Crippen molar-refractivity contribution in [2.75, 3.05) is 12.0 Å². The van der Waals surface area contributed by atoms with E-state index in [4.69, 9.17) is 4.74 Å². The second kappa shape index (κ2) is 10.5. The van der Waals surface area contributed by atoms with Crippen LogP contribution in [0.25, 0.3) is 0 Å². The molecular weight excluding hydrogens is 598 g/mol. The molecule has 12 heteroatoms. The molecule has 5 rings (SSSR count). The molecule has 0 aliphatic carbocycles. The van der Waals surface area contributed by atoms with Gasteiger partial charge in [0, 0.05) is 40.2 Å². The molecule has 0 bridgehead atoms. The van der Waals surface area contributed by atoms with Gasteiger partial charge >= 0.3 is 5.97 Å². The maximum atomic E-state index is 14.1. The van der Waals surface area contributed by atoms with Gasteiger partial charge in [0.05, 0.1) is 29.6 Å². The molecule has 210 valence electrons. The van der Waals surface area contributed by atoms with Crippen LogP contribution in [0.1, 0.15) is 34.5 Å². The van der Waals surface area contributed by atoms with Crippen LogP contribution < -0.4 is 15.0 Å². The summed E-state index contributed by atoms with van der Waals surface area (Å²) >= 11 is 3.42. The summed E-state index contributed by atoms with van der Waals surface area (Å²) in [6, 6.07) is 15.5. The minimum absolute atomic E-state index is 0.167. The summed E-state index contributed by atoms with van der Waals surface area (Å²) in [6.07, 6.45) is -0.232. The molecule has 0 spiro atoms. The minimum atomic E-state index is -1.94. The van der Waals surface area contributed by atoms with Crippen molar-refractivity contribution in [1.29, 1.82) is 0 Å². The van der Waals surface area contributed by atoms with Crippen molar-refractivity contribution in [2.24, 2.45) is 11.8 Å². The fraction of sp³-hybridized carbons (Fsp3) is 0.241. The Kier molecular flexibility index (Phi) is 7.22. The van der Waals surface area contributed by atoms with E-state index < -0.39 is 46.1 Å². The lowest BCUT2D eigenvalue weighted by atomic mass is 9.76. The lowest BCUT2D eigenvalue weighted by molar-refractivity contribution is -0.384. The van der Waals surface area contributed by atoms with Crippen LogP contribution in [0.5, 0.6) is 5.75 Å². The van der Waals surface area contributed by atoms with Crippen molar-refractivity contribution in [3.8, 4) is 5.75 Å². The first-order valence-electron chi connectivity index (χ1n) is 12.5. The Morgan fingerprint density at radius 3 is 2.29 bits per heavy atom. The number of carboxylic acid groups (broad SMARTS) is 1. The molecule has 3 aromatic rings. The van der Waals surface area contributed by atoms with Gasteiger partial charge in [0.15, 0.2) is 5.78 Å². The zero-order chi connectivity index (χ0) is 29.6. The summed E-state index contributed by atoms with van der Waals surface area (Å²) in [5.74, 6) is -4.89. The molecule has 41 heavy (non-hydrogen) atoms. The third kappa shape index (κ3) is 4.68. The van der Waals surface area contributed by atoms with Crippen molar-refractivity contribution >= 4 is 50.9 Å². The molecule has 2 N–H and O–H groups in total. The summed E-state index contributed by atoms with van der Waals surface area (Å²) < 4.78 is 6.19. The lowest BCUT2D eigenvalue weighted by Crippen LogP contribution is -2.57. The number of halogens is 1. The zero-order valence-electron chi connectivity index (χ0n) is 21.9. The maximum absolute atomic E-state index is 14.1. The van der Waals surface area contributed by atoms with Gasteiger partial charge in [-0.2, -0.15) is 0 Å². The lowest BCUT2D eigenvalue weighted by Gasteiger charge is -2.31. The van der Waals surface area contributed by atoms with E-state index in [-0.39, 0.29) is 23.6 Å². The van der Waals surface area contributed by atoms with E-state index >= 15 is 0 Å². The van der Waals surface area contributed by atoms with E-state index in [2.05, 4.69) is 21.2 Å². The van der Waals surface area contributed by atoms with Crippen molar-refractivity contribution < 1.29 is 33.9 Å². The highest BCUT2D eigenvalue weighted by atomic mass is 79.9. The standard InChI is InChI=1S/C29H24BrN3O8/c1-15(34)17-5-10-19(11-6-17)32-26(35)23-24(27(32)36)29(28(37)38,14-16-3-8-20(9-4-16)33(39)40)31-25(23)21-13-18(30)7-12-22(21)41-2/h3-13,23-25,31H,14H2,1-2H3,(H,37,38). The van der Waals surface area contributed by atoms with Crippen LogP contribution in [0.4, 0.5) is 11.4 Å². The highest BCUT2D eigenvalue weighted by molar-refractivity contribution is 9.10. The molecule has 0 radical (unpaired) electrons. The summed E-state index contributed by atoms with van der Waals surface area (Å²) in [7, 11) is 1.45. The Labute approximate surface area is 242 Å². The van der Waals surface area contributed by atoms with E-state index in [0.29, 0.717) is 26.9 Å². The van der Waals surface area contributed by atoms with Gasteiger partial charge in [0.25, 0.3) is 5.69 Å². The number of carboxylic acids is 1. The quantitative estimate of drug-likeness (QED) is 0.164. The first kappa shape index (κ1) is 28.1. The monoisotopic (exact) mass is 621 g/mol. The van der Waals surface area contributed by atoms with E-state index in [9.17, 15) is 34.4 Å². The van der Waals surface area contributed by atoms with Crippen LogP contribution in [-0.4, -0.2) is 46.2 Å². The van der Waals surface area contributed by atoms with E-state index in [1.165, 1.54) is 62.6 Å². The van der Waals surface area contributed by atoms with Crippen LogP contribution >= 0.6 is 15.9 Å². The number of fused-ring (bicyclic) bond motifs is 1. The Morgan fingerprint density at radius 1 is 1.07 bits per heavy atom. The predicted molar refractivity (Wildman–Crippen MR) is 150 cm³/mol. The summed E-state index contributed by atoms with van der Waals surface area (Å²) in [4.78, 5) is 64.6. The molecule has 2 aliphatic heterocycles. The van der Waals surface area contributed by atoms with Gasteiger partial charge in [-0.05, 0) is 55.0 Å². The zero-order valence-corrected chi connectivity index (χ0v) is 23.5. The van der Waals surface area contributed by atoms with Gasteiger partial charge in [-0.25, -0.2) is 4.90 Å². The number of methoxy groups -OCH3 is 1. The number of anilines is 1. The van der Waals surface area contributed by atoms with Crippen molar-refractivity contribution in [1.82, 2.24) is 5.32 Å². The van der Waals surface area contributed by atoms with Gasteiger partial charge < -0.3 is 9.84 Å². The number of non-ortho nitro benzene ring substituents is 1. The van der Waals surface area contributed by atoms with Gasteiger partial charge in [0.1, 0.15) is 11.3 Å². The normalized spacial score (nSPS) is 23.4. The minimum Gasteiger partial charge on any atom is -0.496 e. The largest absolute Gasteiger partial charge is 0.496 e. The first-order chi connectivity index (χ1) is 19.5. The van der Waals surface area contributed by atoms with E-state index in [0.717, 1.165) is 4.90 Å². The first-order valence-corrected chi connectivity index (χ1v) is 13.3. The van der Waals surface area contributed by atoms with E-state index in [1.54, 1.807) is 18.2 Å². The summed E-state index contributed by atoms with van der Waals surface area (Å²) in [5.41, 5.74) is -0.591. The van der Waals surface area contributed by atoms with Gasteiger partial charge in [-0.1, -0.05) is 28.1 Å². The van der Waals surface area contributed by atoms with Crippen LogP contribution in [0.3, 0.4) is 0 Å². The third-order valence-electron chi connectivity index (χ3n) is 7.72. The number of nitro groups is 1. The number of carbonyl (C=O) groups excluding carboxylic acids is 3. The predicted octanol–water partition coefficient (Wildman–Crippen LogP) is 4.08. The molecule has 2 amide bonds. The fourth-order valence-electron chi connectivity index (χ4n) is 5.81. The molecule has 2 saturated heterocycles. The number of nitro benzene ring substituents is 1. The number of ketones is 1. The molecule has 0 saturated carbocycles. The average Bonchev–Trinajstić information content (AvgIpc) is 3.42. The molecule has 2 heterocycles. The molecule has 4 atom stereocenters. The number of hydrogen-bond acceptors (Lipinski definition) is 8. The van der Waals surface area contributed by atoms with Gasteiger partial charge in [-0.15, -0.1) is 0 Å². The number of aliphatic carboxylic acids is 1. The maximum Gasteiger partial charge on any atom is 0.325 e. The van der Waals surface area contributed by atoms with Crippen LogP contribution in [-0.2, 0) is 20.8 Å². The second-order valence-corrected chi connectivity index (χ2v) is 10.9. The smallest absolute Gasteiger partial charge is 0.325 e. The van der Waals surface area contributed by atoms with Crippen LogP contribution in [0.15, 0.2) is 71.2 Å². The van der Waals surface area contributed by atoms with Crippen LogP contribution in [0, 0.1) is 22.0 Å². The average molecular weight is 622 g/mol. The van der Waals surface area contributed by atoms with Crippen molar-refractivity contribution in [2.45, 2.75) is 24.9 Å². The Morgan fingerprint density at radius 2 is 1.73 bits per heavy atom. The number of nitrogens with zero attached hydrogens (tertiary/aromatic N) is 2. The molecule has 4 unspecified atom stereocenters. The van der Waals surface area contributed by atoms with Crippen molar-refractivity contribution in [3.05, 3.63) is 98.0 Å². The number of benzene rings is 3. The Balaban J connectivity index is 1.66. The Bertz CT molecular complexity index is 1590. The Hall–Kier alpha value is -4.42. The molecule has 11 nitrogen and oxygen atoms in total. The van der Waals surface area contributed by atoms with Gasteiger partial charge in [-0.3, -0.25) is 34.6 Å². The number of amides is 2. The fourth-order valence-corrected chi connectivity index (χ4v) is 6.19. The molecule has 2 aliphatic rings.